The number of aromatic nitrogens is 4. The van der Waals surface area contributed by atoms with E-state index in [9.17, 15) is 9.18 Å². The first-order chi connectivity index (χ1) is 13.0. The molecule has 27 heavy (non-hydrogen) atoms. The fourth-order valence-electron chi connectivity index (χ4n) is 2.83. The quantitative estimate of drug-likeness (QED) is 0.537. The summed E-state index contributed by atoms with van der Waals surface area (Å²) in [5, 5.41) is 2.99. The van der Waals surface area contributed by atoms with Crippen LogP contribution in [0.2, 0.25) is 0 Å². The molecule has 0 radical (unpaired) electrons. The average molecular weight is 378 g/mol. The van der Waals surface area contributed by atoms with Crippen LogP contribution in [-0.4, -0.2) is 19.5 Å². The molecule has 0 unspecified atom stereocenters. The topological polar surface area (TPSA) is 60.7 Å². The smallest absolute Gasteiger partial charge is 0.266 e. The van der Waals surface area contributed by atoms with Crippen LogP contribution < -0.4 is 5.56 Å². The summed E-state index contributed by atoms with van der Waals surface area (Å²) in [5.74, 6) is -0.0412. The Morgan fingerprint density at radius 3 is 2.74 bits per heavy atom. The van der Waals surface area contributed by atoms with Gasteiger partial charge in [-0.15, -0.1) is 11.3 Å². The number of halogens is 1. The minimum Gasteiger partial charge on any atom is -0.268 e. The Morgan fingerprint density at radius 2 is 2.00 bits per heavy atom. The fourth-order valence-corrected chi connectivity index (χ4v) is 3.51. The molecule has 0 bridgehead atoms. The van der Waals surface area contributed by atoms with Gasteiger partial charge in [-0.1, -0.05) is 0 Å². The van der Waals surface area contributed by atoms with Gasteiger partial charge in [0.25, 0.3) is 5.56 Å². The summed E-state index contributed by atoms with van der Waals surface area (Å²) >= 11 is 1.51. The number of hydrogen-bond donors (Lipinski definition) is 0. The zero-order valence-corrected chi connectivity index (χ0v) is 15.5. The van der Waals surface area contributed by atoms with E-state index in [4.69, 9.17) is 0 Å². The van der Waals surface area contributed by atoms with Crippen LogP contribution in [0, 0.1) is 19.7 Å². The number of benzene rings is 1. The second kappa shape index (κ2) is 6.85. The molecule has 4 aromatic rings. The predicted octanol–water partition coefficient (Wildman–Crippen LogP) is 4.16. The molecule has 0 N–H and O–H groups in total. The lowest BCUT2D eigenvalue weighted by Gasteiger charge is -2.13. The van der Waals surface area contributed by atoms with E-state index in [1.165, 1.54) is 34.1 Å². The molecule has 0 saturated heterocycles. The Labute approximate surface area is 158 Å². The maximum Gasteiger partial charge on any atom is 0.266 e. The van der Waals surface area contributed by atoms with Crippen LogP contribution in [0.4, 0.5) is 4.39 Å². The minimum absolute atomic E-state index is 0.223. The number of hydrogen-bond acceptors (Lipinski definition) is 5. The molecule has 4 rings (SSSR count). The Kier molecular flexibility index (Phi) is 4.37. The van der Waals surface area contributed by atoms with Gasteiger partial charge in [0.15, 0.2) is 0 Å². The summed E-state index contributed by atoms with van der Waals surface area (Å²) in [5.41, 5.74) is 2.31. The SMILES string of the molecule is Cc1csc(/C=C/c2nc3ccc(F)cc3c(=O)n2-c2cccnc2C)n1. The summed E-state index contributed by atoms with van der Waals surface area (Å²) in [6.07, 6.45) is 5.22. The Hall–Kier alpha value is -3.19. The lowest BCUT2D eigenvalue weighted by atomic mass is 10.2. The van der Waals surface area contributed by atoms with Crippen molar-refractivity contribution in [3.8, 4) is 5.69 Å². The third-order valence-corrected chi connectivity index (χ3v) is 5.02. The molecule has 3 aromatic heterocycles. The lowest BCUT2D eigenvalue weighted by molar-refractivity contribution is 0.629. The molecule has 0 amide bonds. The number of rotatable bonds is 3. The van der Waals surface area contributed by atoms with E-state index in [2.05, 4.69) is 15.0 Å². The van der Waals surface area contributed by atoms with Crippen molar-refractivity contribution >= 4 is 34.4 Å². The summed E-state index contributed by atoms with van der Waals surface area (Å²) < 4.78 is 15.2. The fraction of sp³-hybridized carbons (Fsp3) is 0.100. The van der Waals surface area contributed by atoms with Gasteiger partial charge in [-0.2, -0.15) is 0 Å². The van der Waals surface area contributed by atoms with Crippen molar-refractivity contribution in [1.82, 2.24) is 19.5 Å². The van der Waals surface area contributed by atoms with Crippen molar-refractivity contribution in [2.75, 3.05) is 0 Å². The van der Waals surface area contributed by atoms with E-state index in [-0.39, 0.29) is 10.9 Å². The van der Waals surface area contributed by atoms with Gasteiger partial charge in [0, 0.05) is 17.3 Å². The molecule has 5 nitrogen and oxygen atoms in total. The van der Waals surface area contributed by atoms with Crippen LogP contribution in [0.25, 0.3) is 28.7 Å². The highest BCUT2D eigenvalue weighted by atomic mass is 32.1. The maximum absolute atomic E-state index is 13.7. The maximum atomic E-state index is 13.7. The number of fused-ring (bicyclic) bond motifs is 1. The number of aryl methyl sites for hydroxylation is 2. The van der Waals surface area contributed by atoms with E-state index in [0.717, 1.165) is 10.7 Å². The Morgan fingerprint density at radius 1 is 1.15 bits per heavy atom. The molecule has 0 aliphatic rings. The van der Waals surface area contributed by atoms with Crippen LogP contribution >= 0.6 is 11.3 Å². The van der Waals surface area contributed by atoms with Crippen molar-refractivity contribution in [3.63, 3.8) is 0 Å². The average Bonchev–Trinajstić information content (AvgIpc) is 3.07. The Balaban J connectivity index is 2.00. The molecule has 0 atom stereocenters. The van der Waals surface area contributed by atoms with Gasteiger partial charge in [0.1, 0.15) is 16.6 Å². The number of nitrogens with zero attached hydrogens (tertiary/aromatic N) is 4. The molecule has 0 aliphatic carbocycles. The number of thiazole rings is 1. The highest BCUT2D eigenvalue weighted by molar-refractivity contribution is 7.10. The zero-order valence-electron chi connectivity index (χ0n) is 14.7. The largest absolute Gasteiger partial charge is 0.268 e. The van der Waals surface area contributed by atoms with Crippen LogP contribution in [-0.2, 0) is 0 Å². The van der Waals surface area contributed by atoms with E-state index in [1.807, 2.05) is 25.3 Å². The van der Waals surface area contributed by atoms with Gasteiger partial charge in [0.2, 0.25) is 0 Å². The molecule has 0 saturated carbocycles. The molecular formula is C20H15FN4OS. The first-order valence-corrected chi connectivity index (χ1v) is 9.15. The molecule has 0 fully saturated rings. The van der Waals surface area contributed by atoms with Crippen molar-refractivity contribution in [2.24, 2.45) is 0 Å². The summed E-state index contributed by atoms with van der Waals surface area (Å²) in [7, 11) is 0. The van der Waals surface area contributed by atoms with Crippen molar-refractivity contribution in [2.45, 2.75) is 13.8 Å². The summed E-state index contributed by atoms with van der Waals surface area (Å²) in [4.78, 5) is 26.4. The van der Waals surface area contributed by atoms with E-state index < -0.39 is 5.82 Å². The molecule has 0 aliphatic heterocycles. The highest BCUT2D eigenvalue weighted by Gasteiger charge is 2.14. The second-order valence-corrected chi connectivity index (χ2v) is 6.93. The summed E-state index contributed by atoms with van der Waals surface area (Å²) in [6.45, 7) is 3.74. The highest BCUT2D eigenvalue weighted by Crippen LogP contribution is 2.18. The van der Waals surface area contributed by atoms with Crippen molar-refractivity contribution < 1.29 is 4.39 Å². The standard InChI is InChI=1S/C20H15FN4OS/c1-12-11-27-19(23-12)8-7-18-24-16-6-5-14(21)10-15(16)20(26)25(18)17-4-3-9-22-13(17)2/h3-11H,1-2H3/b8-7+. The van der Waals surface area contributed by atoms with E-state index >= 15 is 0 Å². The molecule has 3 heterocycles. The monoisotopic (exact) mass is 378 g/mol. The van der Waals surface area contributed by atoms with Crippen LogP contribution in [0.5, 0.6) is 0 Å². The molecule has 7 heteroatoms. The molecular weight excluding hydrogens is 363 g/mol. The zero-order chi connectivity index (χ0) is 19.0. The van der Waals surface area contributed by atoms with Gasteiger partial charge < -0.3 is 0 Å². The lowest BCUT2D eigenvalue weighted by Crippen LogP contribution is -2.23. The third-order valence-electron chi connectivity index (χ3n) is 4.09. The predicted molar refractivity (Wildman–Crippen MR) is 106 cm³/mol. The van der Waals surface area contributed by atoms with Gasteiger partial charge in [-0.3, -0.25) is 14.3 Å². The summed E-state index contributed by atoms with van der Waals surface area (Å²) in [6, 6.07) is 7.57. The van der Waals surface area contributed by atoms with Crippen molar-refractivity contribution in [1.29, 1.82) is 0 Å². The number of pyridine rings is 1. The molecule has 134 valence electrons. The molecule has 1 aromatic carbocycles. The van der Waals surface area contributed by atoms with E-state index in [1.54, 1.807) is 24.4 Å². The van der Waals surface area contributed by atoms with Crippen LogP contribution in [0.1, 0.15) is 22.2 Å². The van der Waals surface area contributed by atoms with Gasteiger partial charge >= 0.3 is 0 Å². The normalized spacial score (nSPS) is 11.5. The third kappa shape index (κ3) is 3.29. The first kappa shape index (κ1) is 17.2. The minimum atomic E-state index is -0.475. The van der Waals surface area contributed by atoms with Crippen LogP contribution in [0.3, 0.4) is 0 Å². The first-order valence-electron chi connectivity index (χ1n) is 8.27. The van der Waals surface area contributed by atoms with Gasteiger partial charge in [0.05, 0.1) is 22.3 Å². The Bertz CT molecular complexity index is 1240. The van der Waals surface area contributed by atoms with Gasteiger partial charge in [-0.25, -0.2) is 14.4 Å². The van der Waals surface area contributed by atoms with Gasteiger partial charge in [-0.05, 0) is 56.3 Å². The second-order valence-electron chi connectivity index (χ2n) is 6.04. The van der Waals surface area contributed by atoms with Crippen molar-refractivity contribution in [3.05, 3.63) is 80.3 Å². The molecule has 0 spiro atoms. The van der Waals surface area contributed by atoms with Crippen LogP contribution in [0.15, 0.2) is 46.7 Å². The van der Waals surface area contributed by atoms with E-state index in [0.29, 0.717) is 22.7 Å².